The molecule has 190 valence electrons. The van der Waals surface area contributed by atoms with Crippen LogP contribution in [-0.4, -0.2) is 32.7 Å². The second-order valence-corrected chi connectivity index (χ2v) is 10.3. The number of benzene rings is 2. The molecule has 2 N–H and O–H groups in total. The molecule has 0 bridgehead atoms. The van der Waals surface area contributed by atoms with Gasteiger partial charge in [0.2, 0.25) is 0 Å². The van der Waals surface area contributed by atoms with Crippen LogP contribution in [-0.2, 0) is 0 Å². The molecular formula is C30H32ClN5S. The van der Waals surface area contributed by atoms with Crippen molar-refractivity contribution in [3.8, 4) is 5.69 Å². The SMILES string of the molecule is Cc1c([C@@H]2[C@@H](c3ccccn3)NC(=S)N2CCCNc2ccccc2)c(C)n(-c2cccc(Cl)c2)c1C. The molecule has 7 heteroatoms. The maximum absolute atomic E-state index is 6.37. The van der Waals surface area contributed by atoms with Gasteiger partial charge in [0.15, 0.2) is 5.11 Å². The maximum Gasteiger partial charge on any atom is 0.170 e. The summed E-state index contributed by atoms with van der Waals surface area (Å²) < 4.78 is 2.31. The fourth-order valence-electron chi connectivity index (χ4n) is 5.44. The Hall–Kier alpha value is -3.35. The third kappa shape index (κ3) is 5.09. The van der Waals surface area contributed by atoms with Gasteiger partial charge in [-0.3, -0.25) is 4.98 Å². The van der Waals surface area contributed by atoms with Crippen molar-refractivity contribution in [2.45, 2.75) is 39.3 Å². The minimum Gasteiger partial charge on any atom is -0.385 e. The van der Waals surface area contributed by atoms with Gasteiger partial charge in [-0.15, -0.1) is 0 Å². The lowest BCUT2D eigenvalue weighted by Gasteiger charge is -2.29. The molecule has 5 nitrogen and oxygen atoms in total. The lowest BCUT2D eigenvalue weighted by molar-refractivity contribution is 0.314. The Morgan fingerprint density at radius 1 is 0.973 bits per heavy atom. The molecular weight excluding hydrogens is 498 g/mol. The lowest BCUT2D eigenvalue weighted by atomic mass is 9.93. The average molecular weight is 530 g/mol. The van der Waals surface area contributed by atoms with E-state index in [4.69, 9.17) is 28.8 Å². The van der Waals surface area contributed by atoms with E-state index in [9.17, 15) is 0 Å². The summed E-state index contributed by atoms with van der Waals surface area (Å²) in [5.41, 5.74) is 8.15. The summed E-state index contributed by atoms with van der Waals surface area (Å²) in [6.45, 7) is 8.29. The molecule has 2 atom stereocenters. The molecule has 0 radical (unpaired) electrons. The molecule has 4 aromatic rings. The van der Waals surface area contributed by atoms with Crippen LogP contribution in [0.3, 0.4) is 0 Å². The monoisotopic (exact) mass is 529 g/mol. The summed E-state index contributed by atoms with van der Waals surface area (Å²) >= 11 is 12.3. The van der Waals surface area contributed by atoms with Gasteiger partial charge in [0, 0.05) is 52.6 Å². The van der Waals surface area contributed by atoms with E-state index in [1.54, 1.807) is 0 Å². The zero-order valence-corrected chi connectivity index (χ0v) is 23.0. The molecule has 37 heavy (non-hydrogen) atoms. The fraction of sp³-hybridized carbons (Fsp3) is 0.267. The molecule has 0 saturated carbocycles. The highest BCUT2D eigenvalue weighted by Crippen LogP contribution is 2.43. The molecule has 2 aromatic carbocycles. The van der Waals surface area contributed by atoms with Crippen molar-refractivity contribution in [3.63, 3.8) is 0 Å². The topological polar surface area (TPSA) is 45.1 Å². The summed E-state index contributed by atoms with van der Waals surface area (Å²) in [6.07, 6.45) is 2.81. The first-order chi connectivity index (χ1) is 18.0. The van der Waals surface area contributed by atoms with Crippen LogP contribution in [0.25, 0.3) is 5.69 Å². The standard InChI is InChI=1S/C30H32ClN5S/c1-20-21(2)36(25-14-9-11-23(31)19-25)22(3)27(20)29-28(26-15-7-8-16-33-26)34-30(37)35(29)18-10-17-32-24-12-5-4-6-13-24/h4-9,11-16,19,28-29,32H,10,17-18H2,1-3H3,(H,34,37)/t28-,29-/m1/s1. The molecule has 1 aliphatic rings. The van der Waals surface area contributed by atoms with Crippen molar-refractivity contribution >= 4 is 34.6 Å². The number of anilines is 1. The number of thiocarbonyl (C=S) groups is 1. The Morgan fingerprint density at radius 3 is 2.49 bits per heavy atom. The quantitative estimate of drug-likeness (QED) is 0.191. The lowest BCUT2D eigenvalue weighted by Crippen LogP contribution is -2.32. The Bertz CT molecular complexity index is 1390. The van der Waals surface area contributed by atoms with Crippen molar-refractivity contribution in [2.75, 3.05) is 18.4 Å². The molecule has 0 amide bonds. The minimum atomic E-state index is -0.0391. The molecule has 3 heterocycles. The number of pyridine rings is 1. The normalized spacial score (nSPS) is 17.2. The van der Waals surface area contributed by atoms with Gasteiger partial charge in [-0.25, -0.2) is 0 Å². The van der Waals surface area contributed by atoms with Crippen molar-refractivity contribution in [2.24, 2.45) is 0 Å². The van der Waals surface area contributed by atoms with Gasteiger partial charge in [-0.05, 0) is 87.4 Å². The molecule has 0 unspecified atom stereocenters. The van der Waals surface area contributed by atoms with E-state index in [1.807, 2.05) is 54.7 Å². The van der Waals surface area contributed by atoms with E-state index in [0.29, 0.717) is 0 Å². The number of rotatable bonds is 8. The van der Waals surface area contributed by atoms with Crippen LogP contribution < -0.4 is 10.6 Å². The van der Waals surface area contributed by atoms with Gasteiger partial charge in [-0.2, -0.15) is 0 Å². The number of nitrogens with zero attached hydrogens (tertiary/aromatic N) is 3. The number of halogens is 1. The zero-order valence-electron chi connectivity index (χ0n) is 21.4. The van der Waals surface area contributed by atoms with E-state index >= 15 is 0 Å². The van der Waals surface area contributed by atoms with Gasteiger partial charge in [0.05, 0.1) is 17.8 Å². The first-order valence-corrected chi connectivity index (χ1v) is 13.5. The van der Waals surface area contributed by atoms with Crippen LogP contribution >= 0.6 is 23.8 Å². The van der Waals surface area contributed by atoms with Crippen LogP contribution in [0.1, 0.15) is 46.7 Å². The van der Waals surface area contributed by atoms with E-state index < -0.39 is 0 Å². The third-order valence-electron chi connectivity index (χ3n) is 7.25. The highest BCUT2D eigenvalue weighted by molar-refractivity contribution is 7.80. The highest BCUT2D eigenvalue weighted by Gasteiger charge is 2.42. The van der Waals surface area contributed by atoms with Crippen molar-refractivity contribution < 1.29 is 0 Å². The van der Waals surface area contributed by atoms with E-state index in [0.717, 1.165) is 46.7 Å². The predicted octanol–water partition coefficient (Wildman–Crippen LogP) is 6.93. The van der Waals surface area contributed by atoms with Crippen LogP contribution in [0.5, 0.6) is 0 Å². The number of hydrogen-bond donors (Lipinski definition) is 2. The Kier molecular flexibility index (Phi) is 7.49. The van der Waals surface area contributed by atoms with Crippen LogP contribution in [0.15, 0.2) is 79.0 Å². The Balaban J connectivity index is 1.50. The number of hydrogen-bond acceptors (Lipinski definition) is 3. The van der Waals surface area contributed by atoms with E-state index in [-0.39, 0.29) is 12.1 Å². The van der Waals surface area contributed by atoms with Gasteiger partial charge >= 0.3 is 0 Å². The first kappa shape index (κ1) is 25.3. The number of nitrogens with one attached hydrogen (secondary N) is 2. The number of aromatic nitrogens is 2. The highest BCUT2D eigenvalue weighted by atomic mass is 35.5. The van der Waals surface area contributed by atoms with Gasteiger partial charge in [0.1, 0.15) is 0 Å². The zero-order chi connectivity index (χ0) is 25.9. The second-order valence-electron chi connectivity index (χ2n) is 9.49. The molecule has 1 fully saturated rings. The third-order valence-corrected chi connectivity index (χ3v) is 7.83. The summed E-state index contributed by atoms with van der Waals surface area (Å²) in [7, 11) is 0. The number of para-hydroxylation sites is 1. The maximum atomic E-state index is 6.37. The summed E-state index contributed by atoms with van der Waals surface area (Å²) in [5, 5.41) is 8.63. The van der Waals surface area contributed by atoms with Crippen LogP contribution in [0.2, 0.25) is 5.02 Å². The van der Waals surface area contributed by atoms with E-state index in [2.05, 4.69) is 65.1 Å². The van der Waals surface area contributed by atoms with Crippen molar-refractivity contribution in [1.82, 2.24) is 19.8 Å². The largest absolute Gasteiger partial charge is 0.385 e. The second kappa shape index (κ2) is 11.0. The van der Waals surface area contributed by atoms with Gasteiger partial charge < -0.3 is 20.1 Å². The summed E-state index contributed by atoms with van der Waals surface area (Å²) in [4.78, 5) is 7.06. The molecule has 2 aromatic heterocycles. The molecule has 0 spiro atoms. The minimum absolute atomic E-state index is 0.0262. The fourth-order valence-corrected chi connectivity index (χ4v) is 5.96. The predicted molar refractivity (Wildman–Crippen MR) is 157 cm³/mol. The summed E-state index contributed by atoms with van der Waals surface area (Å²) in [5.74, 6) is 0. The van der Waals surface area contributed by atoms with Crippen molar-refractivity contribution in [1.29, 1.82) is 0 Å². The Morgan fingerprint density at radius 2 is 1.76 bits per heavy atom. The Labute approximate surface area is 229 Å². The van der Waals surface area contributed by atoms with E-state index in [1.165, 1.54) is 22.5 Å². The molecule has 1 saturated heterocycles. The van der Waals surface area contributed by atoms with Crippen LogP contribution in [0.4, 0.5) is 5.69 Å². The first-order valence-electron chi connectivity index (χ1n) is 12.7. The average Bonchev–Trinajstić information content (AvgIpc) is 3.34. The summed E-state index contributed by atoms with van der Waals surface area (Å²) in [6, 6.07) is 24.4. The van der Waals surface area contributed by atoms with Gasteiger partial charge in [0.25, 0.3) is 0 Å². The van der Waals surface area contributed by atoms with Crippen molar-refractivity contribution in [3.05, 3.63) is 112 Å². The van der Waals surface area contributed by atoms with Gasteiger partial charge in [-0.1, -0.05) is 41.9 Å². The van der Waals surface area contributed by atoms with Crippen LogP contribution in [0, 0.1) is 20.8 Å². The molecule has 5 rings (SSSR count). The molecule has 0 aliphatic carbocycles. The molecule has 1 aliphatic heterocycles. The smallest absolute Gasteiger partial charge is 0.170 e.